The molecule has 0 fully saturated rings. The van der Waals surface area contributed by atoms with Crippen LogP contribution in [0.4, 0.5) is 0 Å². The number of carbonyl (C=O) groups is 2. The van der Waals surface area contributed by atoms with Gasteiger partial charge in [-0.25, -0.2) is 0 Å². The van der Waals surface area contributed by atoms with Gasteiger partial charge in [0.05, 0.1) is 6.42 Å². The van der Waals surface area contributed by atoms with Crippen LogP contribution in [0.15, 0.2) is 0 Å². The van der Waals surface area contributed by atoms with Crippen LogP contribution in [0.3, 0.4) is 0 Å². The van der Waals surface area contributed by atoms with Gasteiger partial charge in [0.1, 0.15) is 0 Å². The summed E-state index contributed by atoms with van der Waals surface area (Å²) >= 11 is 0. The molecule has 0 aliphatic rings. The van der Waals surface area contributed by atoms with Crippen LogP contribution in [0.5, 0.6) is 0 Å². The Morgan fingerprint density at radius 3 is 1.80 bits per heavy atom. The summed E-state index contributed by atoms with van der Waals surface area (Å²) in [5.74, 6) is -1.50. The summed E-state index contributed by atoms with van der Waals surface area (Å²) in [6.07, 6.45) is 7.69. The van der Waals surface area contributed by atoms with Gasteiger partial charge in [-0.2, -0.15) is 0 Å². The third-order valence-corrected chi connectivity index (χ3v) is 3.33. The third-order valence-electron chi connectivity index (χ3n) is 3.33. The van der Waals surface area contributed by atoms with Crippen molar-refractivity contribution in [3.8, 4) is 0 Å². The van der Waals surface area contributed by atoms with Crippen molar-refractivity contribution in [3.63, 3.8) is 0 Å². The highest BCUT2D eigenvalue weighted by atomic mass is 16.4. The molecule has 5 heteroatoms. The van der Waals surface area contributed by atoms with Gasteiger partial charge >= 0.3 is 11.9 Å². The standard InChI is InChI=1S/C15H29NO4/c1-2-3-4-7-11-16(13-10-15(19)20)12-8-5-6-9-14(17)18/h2-13H2,1H3,(H,17,18)(H,19,20). The first-order chi connectivity index (χ1) is 9.56. The van der Waals surface area contributed by atoms with Gasteiger partial charge in [0.2, 0.25) is 0 Å². The fourth-order valence-corrected chi connectivity index (χ4v) is 2.14. The molecule has 0 bridgehead atoms. The highest BCUT2D eigenvalue weighted by Gasteiger charge is 2.07. The van der Waals surface area contributed by atoms with Crippen molar-refractivity contribution in [1.82, 2.24) is 4.90 Å². The zero-order valence-corrected chi connectivity index (χ0v) is 12.6. The molecule has 0 radical (unpaired) electrons. The number of nitrogens with zero attached hydrogens (tertiary/aromatic N) is 1. The number of carboxylic acids is 2. The molecule has 0 spiro atoms. The molecule has 0 saturated heterocycles. The first-order valence-electron chi connectivity index (χ1n) is 7.72. The van der Waals surface area contributed by atoms with E-state index in [1.807, 2.05) is 0 Å². The number of hydrogen-bond donors (Lipinski definition) is 2. The molecule has 0 aromatic rings. The minimum absolute atomic E-state index is 0.183. The number of aliphatic carboxylic acids is 2. The average Bonchev–Trinajstić information content (AvgIpc) is 2.38. The second kappa shape index (κ2) is 12.9. The molecule has 0 aliphatic carbocycles. The molecule has 0 saturated carbocycles. The second-order valence-corrected chi connectivity index (χ2v) is 5.25. The molecular weight excluding hydrogens is 258 g/mol. The summed E-state index contributed by atoms with van der Waals surface area (Å²) in [6.45, 7) is 4.59. The lowest BCUT2D eigenvalue weighted by molar-refractivity contribution is -0.138. The van der Waals surface area contributed by atoms with E-state index in [-0.39, 0.29) is 12.8 Å². The van der Waals surface area contributed by atoms with Crippen molar-refractivity contribution >= 4 is 11.9 Å². The van der Waals surface area contributed by atoms with Crippen molar-refractivity contribution in [2.45, 2.75) is 64.7 Å². The van der Waals surface area contributed by atoms with Gasteiger partial charge in [0.25, 0.3) is 0 Å². The fraction of sp³-hybridized carbons (Fsp3) is 0.867. The SMILES string of the molecule is CCCCCCN(CCCCCC(=O)O)CCC(=O)O. The summed E-state index contributed by atoms with van der Waals surface area (Å²) in [6, 6.07) is 0. The van der Waals surface area contributed by atoms with Crippen LogP contribution >= 0.6 is 0 Å². The number of unbranched alkanes of at least 4 members (excludes halogenated alkanes) is 5. The normalized spacial score (nSPS) is 10.9. The molecule has 0 amide bonds. The van der Waals surface area contributed by atoms with Crippen LogP contribution in [0, 0.1) is 0 Å². The molecule has 20 heavy (non-hydrogen) atoms. The molecule has 0 rings (SSSR count). The van der Waals surface area contributed by atoms with Gasteiger partial charge in [-0.05, 0) is 32.4 Å². The summed E-state index contributed by atoms with van der Waals surface area (Å²) in [4.78, 5) is 23.2. The van der Waals surface area contributed by atoms with Crippen molar-refractivity contribution in [2.75, 3.05) is 19.6 Å². The minimum atomic E-state index is -0.755. The van der Waals surface area contributed by atoms with Crippen molar-refractivity contribution < 1.29 is 19.8 Å². The van der Waals surface area contributed by atoms with Crippen LogP contribution in [-0.2, 0) is 9.59 Å². The van der Waals surface area contributed by atoms with Gasteiger partial charge in [0, 0.05) is 13.0 Å². The van der Waals surface area contributed by atoms with Crippen LogP contribution in [0.2, 0.25) is 0 Å². The first kappa shape index (κ1) is 18.9. The van der Waals surface area contributed by atoms with E-state index in [1.54, 1.807) is 0 Å². The van der Waals surface area contributed by atoms with Gasteiger partial charge in [0.15, 0.2) is 0 Å². The lowest BCUT2D eigenvalue weighted by Gasteiger charge is -2.21. The van der Waals surface area contributed by atoms with Gasteiger partial charge in [-0.15, -0.1) is 0 Å². The van der Waals surface area contributed by atoms with Gasteiger partial charge in [-0.1, -0.05) is 32.6 Å². The molecular formula is C15H29NO4. The average molecular weight is 287 g/mol. The molecule has 0 aromatic heterocycles. The smallest absolute Gasteiger partial charge is 0.304 e. The lowest BCUT2D eigenvalue weighted by atomic mass is 10.1. The van der Waals surface area contributed by atoms with Crippen molar-refractivity contribution in [1.29, 1.82) is 0 Å². The number of rotatable bonds is 14. The summed E-state index contributed by atoms with van der Waals surface area (Å²) in [5.41, 5.74) is 0. The second-order valence-electron chi connectivity index (χ2n) is 5.25. The highest BCUT2D eigenvalue weighted by molar-refractivity contribution is 5.67. The van der Waals surface area contributed by atoms with E-state index in [0.29, 0.717) is 13.0 Å². The summed E-state index contributed by atoms with van der Waals surface area (Å²) < 4.78 is 0. The Morgan fingerprint density at radius 2 is 1.30 bits per heavy atom. The Bertz CT molecular complexity index is 269. The van der Waals surface area contributed by atoms with Crippen LogP contribution < -0.4 is 0 Å². The first-order valence-corrected chi connectivity index (χ1v) is 7.72. The Kier molecular flexibility index (Phi) is 12.2. The largest absolute Gasteiger partial charge is 0.481 e. The van der Waals surface area contributed by atoms with Crippen LogP contribution in [0.25, 0.3) is 0 Å². The Labute approximate surface area is 122 Å². The van der Waals surface area contributed by atoms with Gasteiger partial charge < -0.3 is 15.1 Å². The molecule has 0 atom stereocenters. The summed E-state index contributed by atoms with van der Waals surface area (Å²) in [7, 11) is 0. The van der Waals surface area contributed by atoms with E-state index >= 15 is 0 Å². The van der Waals surface area contributed by atoms with Crippen LogP contribution in [-0.4, -0.2) is 46.7 Å². The van der Waals surface area contributed by atoms with Crippen molar-refractivity contribution in [2.24, 2.45) is 0 Å². The van der Waals surface area contributed by atoms with E-state index in [1.165, 1.54) is 19.3 Å². The molecule has 0 unspecified atom stereocenters. The van der Waals surface area contributed by atoms with E-state index < -0.39 is 11.9 Å². The summed E-state index contributed by atoms with van der Waals surface area (Å²) in [5, 5.41) is 17.3. The quantitative estimate of drug-likeness (QED) is 0.480. The maximum atomic E-state index is 10.6. The van der Waals surface area contributed by atoms with Crippen molar-refractivity contribution in [3.05, 3.63) is 0 Å². The van der Waals surface area contributed by atoms with E-state index in [2.05, 4.69) is 11.8 Å². The predicted molar refractivity (Wildman–Crippen MR) is 78.9 cm³/mol. The fourth-order valence-electron chi connectivity index (χ4n) is 2.14. The maximum Gasteiger partial charge on any atom is 0.304 e. The Morgan fingerprint density at radius 1 is 0.750 bits per heavy atom. The Hall–Kier alpha value is -1.10. The van der Waals surface area contributed by atoms with Gasteiger partial charge in [-0.3, -0.25) is 9.59 Å². The van der Waals surface area contributed by atoms with E-state index in [0.717, 1.165) is 32.4 Å². The van der Waals surface area contributed by atoms with Crippen LogP contribution in [0.1, 0.15) is 64.7 Å². The molecule has 0 heterocycles. The number of carboxylic acid groups (broad SMARTS) is 2. The molecule has 0 aromatic carbocycles. The zero-order chi connectivity index (χ0) is 15.2. The lowest BCUT2D eigenvalue weighted by Crippen LogP contribution is -2.28. The monoisotopic (exact) mass is 287 g/mol. The van der Waals surface area contributed by atoms with E-state index in [4.69, 9.17) is 10.2 Å². The molecule has 5 nitrogen and oxygen atoms in total. The predicted octanol–water partition coefficient (Wildman–Crippen LogP) is 2.99. The zero-order valence-electron chi connectivity index (χ0n) is 12.6. The highest BCUT2D eigenvalue weighted by Crippen LogP contribution is 2.06. The molecule has 118 valence electrons. The third kappa shape index (κ3) is 13.3. The number of hydrogen-bond acceptors (Lipinski definition) is 3. The topological polar surface area (TPSA) is 77.8 Å². The minimum Gasteiger partial charge on any atom is -0.481 e. The maximum absolute atomic E-state index is 10.6. The molecule has 2 N–H and O–H groups in total. The molecule has 0 aliphatic heterocycles. The Balaban J connectivity index is 3.79. The van der Waals surface area contributed by atoms with E-state index in [9.17, 15) is 9.59 Å².